The number of ether oxygens (including phenoxy) is 1. The Kier molecular flexibility index (Phi) is 8.33. The summed E-state index contributed by atoms with van der Waals surface area (Å²) in [5.41, 5.74) is 2.16. The molecule has 0 aromatic heterocycles. The second-order valence-corrected chi connectivity index (χ2v) is 11.8. The maximum atomic E-state index is 13.0. The Morgan fingerprint density at radius 2 is 1.81 bits per heavy atom. The summed E-state index contributed by atoms with van der Waals surface area (Å²) in [7, 11) is -4.13. The molecule has 3 aromatic carbocycles. The van der Waals surface area contributed by atoms with E-state index in [-0.39, 0.29) is 34.5 Å². The van der Waals surface area contributed by atoms with E-state index >= 15 is 0 Å². The van der Waals surface area contributed by atoms with E-state index in [1.54, 1.807) is 61.5 Å². The van der Waals surface area contributed by atoms with Gasteiger partial charge in [-0.3, -0.25) is 14.5 Å². The van der Waals surface area contributed by atoms with Crippen LogP contribution in [0.3, 0.4) is 0 Å². The standard InChI is InChI=1S/C26H21BrClNO6S2/c1-3-34-22-13-18(12-21(27)24(22)35-37(32,33)20-9-7-16(2)8-10-20)14-23-25(30)29(26(31)36-23)15-17-5-4-6-19(28)11-17/h4-14H,3,15H2,1-2H3/b23-14-. The highest BCUT2D eigenvalue weighted by Gasteiger charge is 2.35. The van der Waals surface area contributed by atoms with Gasteiger partial charge in [-0.05, 0) is 95.1 Å². The number of hydrogen-bond donors (Lipinski definition) is 0. The molecule has 1 aliphatic rings. The number of benzene rings is 3. The molecule has 0 saturated carbocycles. The lowest BCUT2D eigenvalue weighted by Gasteiger charge is -2.15. The van der Waals surface area contributed by atoms with Crippen LogP contribution in [-0.2, 0) is 21.5 Å². The van der Waals surface area contributed by atoms with Crippen LogP contribution in [-0.4, -0.2) is 31.1 Å². The molecular formula is C26H21BrClNO6S2. The third-order valence-electron chi connectivity index (χ3n) is 5.24. The van der Waals surface area contributed by atoms with Crippen molar-refractivity contribution in [1.29, 1.82) is 0 Å². The van der Waals surface area contributed by atoms with E-state index in [4.69, 9.17) is 20.5 Å². The van der Waals surface area contributed by atoms with Gasteiger partial charge in [-0.15, -0.1) is 0 Å². The van der Waals surface area contributed by atoms with E-state index in [1.807, 2.05) is 6.92 Å². The van der Waals surface area contributed by atoms with Crippen LogP contribution in [0.25, 0.3) is 6.08 Å². The minimum atomic E-state index is -4.13. The normalized spacial score (nSPS) is 14.9. The van der Waals surface area contributed by atoms with Gasteiger partial charge in [0.1, 0.15) is 4.90 Å². The second-order valence-electron chi connectivity index (χ2n) is 8.01. The van der Waals surface area contributed by atoms with E-state index in [9.17, 15) is 18.0 Å². The van der Waals surface area contributed by atoms with Crippen LogP contribution in [0.5, 0.6) is 11.5 Å². The highest BCUT2D eigenvalue weighted by molar-refractivity contribution is 9.10. The van der Waals surface area contributed by atoms with E-state index in [1.165, 1.54) is 12.1 Å². The molecule has 0 bridgehead atoms. The molecule has 192 valence electrons. The fourth-order valence-electron chi connectivity index (χ4n) is 3.48. The molecule has 1 aliphatic heterocycles. The third-order valence-corrected chi connectivity index (χ3v) is 8.20. The van der Waals surface area contributed by atoms with E-state index in [0.29, 0.717) is 15.1 Å². The molecule has 0 unspecified atom stereocenters. The van der Waals surface area contributed by atoms with Gasteiger partial charge >= 0.3 is 10.1 Å². The Balaban J connectivity index is 1.62. The van der Waals surface area contributed by atoms with Crippen molar-refractivity contribution in [3.8, 4) is 11.5 Å². The quantitative estimate of drug-likeness (QED) is 0.201. The molecule has 2 amide bonds. The Hall–Kier alpha value is -2.79. The number of imide groups is 1. The number of thioether (sulfide) groups is 1. The van der Waals surface area contributed by atoms with Gasteiger partial charge in [-0.2, -0.15) is 8.42 Å². The number of amides is 2. The molecule has 1 fully saturated rings. The Labute approximate surface area is 232 Å². The summed E-state index contributed by atoms with van der Waals surface area (Å²) in [6.07, 6.45) is 1.55. The first-order valence-electron chi connectivity index (χ1n) is 11.0. The predicted molar refractivity (Wildman–Crippen MR) is 147 cm³/mol. The number of carbonyl (C=O) groups excluding carboxylic acids is 2. The van der Waals surface area contributed by atoms with Gasteiger partial charge in [-0.1, -0.05) is 41.4 Å². The number of aryl methyl sites for hydroxylation is 1. The van der Waals surface area contributed by atoms with Gasteiger partial charge in [0.05, 0.1) is 22.5 Å². The third kappa shape index (κ3) is 6.38. The average molecular weight is 623 g/mol. The van der Waals surface area contributed by atoms with Crippen LogP contribution in [0.1, 0.15) is 23.6 Å². The van der Waals surface area contributed by atoms with Crippen molar-refractivity contribution in [2.75, 3.05) is 6.61 Å². The summed E-state index contributed by atoms with van der Waals surface area (Å²) in [6.45, 7) is 3.94. The maximum absolute atomic E-state index is 13.0. The number of hydrogen-bond acceptors (Lipinski definition) is 7. The largest absolute Gasteiger partial charge is 0.490 e. The fourth-order valence-corrected chi connectivity index (χ4v) is 6.14. The summed E-state index contributed by atoms with van der Waals surface area (Å²) in [5, 5.41) is 0.115. The van der Waals surface area contributed by atoms with Crippen LogP contribution in [0.2, 0.25) is 5.02 Å². The molecule has 11 heteroatoms. The minimum Gasteiger partial charge on any atom is -0.490 e. The summed E-state index contributed by atoms with van der Waals surface area (Å²) < 4.78 is 37.1. The minimum absolute atomic E-state index is 0.00454. The lowest BCUT2D eigenvalue weighted by Crippen LogP contribution is -2.27. The van der Waals surface area contributed by atoms with Crippen molar-refractivity contribution < 1.29 is 26.9 Å². The van der Waals surface area contributed by atoms with Crippen LogP contribution in [0, 0.1) is 6.92 Å². The van der Waals surface area contributed by atoms with Crippen molar-refractivity contribution in [3.05, 3.63) is 91.8 Å². The Morgan fingerprint density at radius 3 is 2.49 bits per heavy atom. The van der Waals surface area contributed by atoms with E-state index < -0.39 is 21.3 Å². The zero-order valence-electron chi connectivity index (χ0n) is 19.7. The monoisotopic (exact) mass is 621 g/mol. The summed E-state index contributed by atoms with van der Waals surface area (Å²) in [6, 6.07) is 16.4. The van der Waals surface area contributed by atoms with Crippen molar-refractivity contribution in [2.45, 2.75) is 25.3 Å². The molecule has 0 atom stereocenters. The molecular weight excluding hydrogens is 602 g/mol. The maximum Gasteiger partial charge on any atom is 0.339 e. The average Bonchev–Trinajstić information content (AvgIpc) is 3.09. The predicted octanol–water partition coefficient (Wildman–Crippen LogP) is 6.81. The zero-order valence-corrected chi connectivity index (χ0v) is 23.7. The Morgan fingerprint density at radius 1 is 1.08 bits per heavy atom. The van der Waals surface area contributed by atoms with Gasteiger partial charge < -0.3 is 8.92 Å². The number of nitrogens with zero attached hydrogens (tertiary/aromatic N) is 1. The topological polar surface area (TPSA) is 90.0 Å². The molecule has 1 heterocycles. The lowest BCUT2D eigenvalue weighted by atomic mass is 10.1. The zero-order chi connectivity index (χ0) is 26.7. The van der Waals surface area contributed by atoms with E-state index in [0.717, 1.165) is 27.8 Å². The molecule has 0 N–H and O–H groups in total. The first-order chi connectivity index (χ1) is 17.6. The van der Waals surface area contributed by atoms with Crippen LogP contribution in [0.4, 0.5) is 4.79 Å². The molecule has 4 rings (SSSR count). The number of carbonyl (C=O) groups is 2. The Bertz CT molecular complexity index is 1510. The van der Waals surface area contributed by atoms with Gasteiger partial charge in [-0.25, -0.2) is 0 Å². The van der Waals surface area contributed by atoms with Crippen LogP contribution < -0.4 is 8.92 Å². The van der Waals surface area contributed by atoms with Gasteiger partial charge in [0.25, 0.3) is 11.1 Å². The molecule has 0 aliphatic carbocycles. The van der Waals surface area contributed by atoms with Crippen molar-refractivity contribution in [1.82, 2.24) is 4.90 Å². The lowest BCUT2D eigenvalue weighted by molar-refractivity contribution is -0.123. The van der Waals surface area contributed by atoms with Gasteiger partial charge in [0.15, 0.2) is 11.5 Å². The molecule has 0 radical (unpaired) electrons. The second kappa shape index (κ2) is 11.3. The summed E-state index contributed by atoms with van der Waals surface area (Å²) in [5.74, 6) is -0.295. The molecule has 3 aromatic rings. The highest BCUT2D eigenvalue weighted by Crippen LogP contribution is 2.41. The SMILES string of the molecule is CCOc1cc(/C=C2\SC(=O)N(Cc3cccc(Cl)c3)C2=O)cc(Br)c1OS(=O)(=O)c1ccc(C)cc1. The number of rotatable bonds is 8. The van der Waals surface area contributed by atoms with Crippen LogP contribution >= 0.6 is 39.3 Å². The van der Waals surface area contributed by atoms with Crippen molar-refractivity contribution in [3.63, 3.8) is 0 Å². The fraction of sp³-hybridized carbons (Fsp3) is 0.154. The summed E-state index contributed by atoms with van der Waals surface area (Å²) >= 11 is 10.2. The highest BCUT2D eigenvalue weighted by atomic mass is 79.9. The summed E-state index contributed by atoms with van der Waals surface area (Å²) in [4.78, 5) is 26.9. The van der Waals surface area contributed by atoms with Crippen LogP contribution in [0.15, 0.2) is 74.9 Å². The first-order valence-corrected chi connectivity index (χ1v) is 14.4. The van der Waals surface area contributed by atoms with Crippen molar-refractivity contribution >= 4 is 66.6 Å². The van der Waals surface area contributed by atoms with Gasteiger partial charge in [0, 0.05) is 5.02 Å². The molecule has 0 spiro atoms. The molecule has 7 nitrogen and oxygen atoms in total. The smallest absolute Gasteiger partial charge is 0.339 e. The molecule has 37 heavy (non-hydrogen) atoms. The first kappa shape index (κ1) is 27.3. The van der Waals surface area contributed by atoms with Gasteiger partial charge in [0.2, 0.25) is 0 Å². The van der Waals surface area contributed by atoms with E-state index in [2.05, 4.69) is 15.9 Å². The number of halogens is 2. The molecule has 1 saturated heterocycles. The van der Waals surface area contributed by atoms with Crippen molar-refractivity contribution in [2.24, 2.45) is 0 Å².